The summed E-state index contributed by atoms with van der Waals surface area (Å²) in [6.07, 6.45) is 0.132. The average Bonchev–Trinajstić information content (AvgIpc) is 2.30. The summed E-state index contributed by atoms with van der Waals surface area (Å²) < 4.78 is 5.67. The fourth-order valence-electron chi connectivity index (χ4n) is 2.69. The van der Waals surface area contributed by atoms with Gasteiger partial charge in [-0.15, -0.1) is 0 Å². The Balaban J connectivity index is 2.24. The molecule has 1 aliphatic rings. The molecule has 1 aromatic rings. The van der Waals surface area contributed by atoms with Crippen molar-refractivity contribution in [3.05, 3.63) is 35.4 Å². The molecule has 1 heterocycles. The number of hydrogen-bond acceptors (Lipinski definition) is 3. The first-order chi connectivity index (χ1) is 8.97. The topological polar surface area (TPSA) is 49.8 Å². The second-order valence-electron chi connectivity index (χ2n) is 5.36. The van der Waals surface area contributed by atoms with Crippen LogP contribution in [0.5, 0.6) is 0 Å². The molecule has 1 aromatic carbocycles. The Bertz CT molecular complexity index is 433. The second-order valence-corrected chi connectivity index (χ2v) is 5.36. The van der Waals surface area contributed by atoms with Crippen LogP contribution < -0.4 is 0 Å². The van der Waals surface area contributed by atoms with Gasteiger partial charge >= 0.3 is 5.97 Å². The number of carboxylic acids is 1. The Morgan fingerprint density at radius 3 is 2.26 bits per heavy atom. The number of benzene rings is 1. The maximum atomic E-state index is 11.6. The van der Waals surface area contributed by atoms with E-state index in [9.17, 15) is 9.90 Å². The van der Waals surface area contributed by atoms with Crippen molar-refractivity contribution >= 4 is 5.97 Å². The van der Waals surface area contributed by atoms with Crippen LogP contribution in [0, 0.1) is 6.92 Å². The van der Waals surface area contributed by atoms with E-state index >= 15 is 0 Å². The van der Waals surface area contributed by atoms with Crippen LogP contribution in [-0.2, 0) is 9.53 Å². The van der Waals surface area contributed by atoms with E-state index in [2.05, 4.69) is 0 Å². The zero-order valence-electron chi connectivity index (χ0n) is 11.7. The molecule has 4 nitrogen and oxygen atoms in total. The quantitative estimate of drug-likeness (QED) is 0.908. The number of rotatable bonds is 3. The first-order valence-corrected chi connectivity index (χ1v) is 6.66. The molecule has 4 heteroatoms. The average molecular weight is 263 g/mol. The van der Waals surface area contributed by atoms with E-state index in [0.717, 1.165) is 11.1 Å². The minimum atomic E-state index is -0.801. The predicted octanol–water partition coefficient (Wildman–Crippen LogP) is 2.23. The third-order valence-electron chi connectivity index (χ3n) is 3.44. The van der Waals surface area contributed by atoms with Gasteiger partial charge < -0.3 is 9.84 Å². The van der Waals surface area contributed by atoms with Crippen molar-refractivity contribution in [3.8, 4) is 0 Å². The lowest BCUT2D eigenvalue weighted by Gasteiger charge is -2.38. The van der Waals surface area contributed by atoms with Crippen molar-refractivity contribution < 1.29 is 14.6 Å². The summed E-state index contributed by atoms with van der Waals surface area (Å²) in [5.74, 6) is -0.801. The fourth-order valence-corrected chi connectivity index (χ4v) is 2.69. The van der Waals surface area contributed by atoms with Crippen molar-refractivity contribution in [2.24, 2.45) is 0 Å². The van der Waals surface area contributed by atoms with Gasteiger partial charge in [0.05, 0.1) is 12.2 Å². The van der Waals surface area contributed by atoms with Gasteiger partial charge in [0.1, 0.15) is 6.04 Å². The molecule has 0 radical (unpaired) electrons. The number of aliphatic carboxylic acids is 1. The minimum Gasteiger partial charge on any atom is -0.480 e. The van der Waals surface area contributed by atoms with E-state index in [4.69, 9.17) is 4.74 Å². The zero-order valence-corrected chi connectivity index (χ0v) is 11.7. The van der Waals surface area contributed by atoms with Crippen molar-refractivity contribution in [1.82, 2.24) is 4.90 Å². The molecule has 0 aromatic heterocycles. The highest BCUT2D eigenvalue weighted by Crippen LogP contribution is 2.25. The van der Waals surface area contributed by atoms with E-state index in [1.54, 1.807) is 0 Å². The van der Waals surface area contributed by atoms with Gasteiger partial charge in [-0.25, -0.2) is 0 Å². The summed E-state index contributed by atoms with van der Waals surface area (Å²) >= 11 is 0. The summed E-state index contributed by atoms with van der Waals surface area (Å²) in [5, 5.41) is 9.54. The van der Waals surface area contributed by atoms with Crippen LogP contribution in [0.1, 0.15) is 31.0 Å². The molecular formula is C15H21NO3. The summed E-state index contributed by atoms with van der Waals surface area (Å²) in [6, 6.07) is 7.13. The van der Waals surface area contributed by atoms with Gasteiger partial charge in [0.25, 0.3) is 0 Å². The van der Waals surface area contributed by atoms with Crippen LogP contribution in [0.3, 0.4) is 0 Å². The normalized spacial score (nSPS) is 26.1. The van der Waals surface area contributed by atoms with Crippen molar-refractivity contribution in [2.75, 3.05) is 13.1 Å². The standard InChI is InChI=1S/C15H21NO3/c1-10-4-6-13(7-5-10)14(15(17)18)16-8-11(2)19-12(3)9-16/h4-7,11-12,14H,8-9H2,1-3H3,(H,17,18). The molecule has 1 fully saturated rings. The van der Waals surface area contributed by atoms with Gasteiger partial charge in [-0.3, -0.25) is 9.69 Å². The summed E-state index contributed by atoms with van der Waals surface area (Å²) in [6.45, 7) is 7.26. The van der Waals surface area contributed by atoms with Gasteiger partial charge in [-0.1, -0.05) is 29.8 Å². The Morgan fingerprint density at radius 2 is 1.79 bits per heavy atom. The number of aryl methyl sites for hydroxylation is 1. The van der Waals surface area contributed by atoms with Gasteiger partial charge in [0.15, 0.2) is 0 Å². The maximum absolute atomic E-state index is 11.6. The molecule has 1 aliphatic heterocycles. The number of carbonyl (C=O) groups is 1. The number of hydrogen-bond donors (Lipinski definition) is 1. The number of nitrogens with zero attached hydrogens (tertiary/aromatic N) is 1. The molecule has 1 N–H and O–H groups in total. The lowest BCUT2D eigenvalue weighted by molar-refractivity contribution is -0.149. The molecule has 2 rings (SSSR count). The van der Waals surface area contributed by atoms with E-state index in [0.29, 0.717) is 13.1 Å². The van der Waals surface area contributed by atoms with E-state index in [1.165, 1.54) is 0 Å². The predicted molar refractivity (Wildman–Crippen MR) is 73.1 cm³/mol. The summed E-state index contributed by atoms with van der Waals surface area (Å²) in [4.78, 5) is 13.6. The first-order valence-electron chi connectivity index (χ1n) is 6.66. The molecule has 3 atom stereocenters. The van der Waals surface area contributed by atoms with Gasteiger partial charge in [-0.05, 0) is 26.3 Å². The fraction of sp³-hybridized carbons (Fsp3) is 0.533. The van der Waals surface area contributed by atoms with E-state index < -0.39 is 12.0 Å². The highest BCUT2D eigenvalue weighted by Gasteiger charge is 2.33. The Hall–Kier alpha value is -1.39. The molecule has 104 valence electrons. The molecule has 0 bridgehead atoms. The minimum absolute atomic E-state index is 0.0658. The molecule has 0 aliphatic carbocycles. The van der Waals surface area contributed by atoms with Crippen molar-refractivity contribution in [2.45, 2.75) is 39.0 Å². The molecule has 3 unspecified atom stereocenters. The molecule has 19 heavy (non-hydrogen) atoms. The summed E-state index contributed by atoms with van der Waals surface area (Å²) in [5.41, 5.74) is 1.97. The third-order valence-corrected chi connectivity index (χ3v) is 3.44. The first kappa shape index (κ1) is 14.0. The molecule has 0 amide bonds. The highest BCUT2D eigenvalue weighted by atomic mass is 16.5. The second kappa shape index (κ2) is 5.72. The van der Waals surface area contributed by atoms with Crippen LogP contribution in [0.2, 0.25) is 0 Å². The Morgan fingerprint density at radius 1 is 1.26 bits per heavy atom. The molecular weight excluding hydrogens is 242 g/mol. The Labute approximate surface area is 114 Å². The van der Waals surface area contributed by atoms with Crippen molar-refractivity contribution in [3.63, 3.8) is 0 Å². The van der Waals surface area contributed by atoms with E-state index in [1.807, 2.05) is 49.9 Å². The van der Waals surface area contributed by atoms with Crippen LogP contribution in [0.25, 0.3) is 0 Å². The Kier molecular flexibility index (Phi) is 4.22. The lowest BCUT2D eigenvalue weighted by atomic mass is 10.0. The van der Waals surface area contributed by atoms with Gasteiger partial charge in [0, 0.05) is 13.1 Å². The van der Waals surface area contributed by atoms with Crippen LogP contribution in [0.15, 0.2) is 24.3 Å². The van der Waals surface area contributed by atoms with Crippen molar-refractivity contribution in [1.29, 1.82) is 0 Å². The van der Waals surface area contributed by atoms with Crippen LogP contribution in [-0.4, -0.2) is 41.3 Å². The molecule has 1 saturated heterocycles. The maximum Gasteiger partial charge on any atom is 0.325 e. The number of carboxylic acid groups (broad SMARTS) is 1. The zero-order chi connectivity index (χ0) is 14.0. The molecule has 0 spiro atoms. The summed E-state index contributed by atoms with van der Waals surface area (Å²) in [7, 11) is 0. The monoisotopic (exact) mass is 263 g/mol. The lowest BCUT2D eigenvalue weighted by Crippen LogP contribution is -2.48. The van der Waals surface area contributed by atoms with Gasteiger partial charge in [0.2, 0.25) is 0 Å². The SMILES string of the molecule is Cc1ccc(C(C(=O)O)N2CC(C)OC(C)C2)cc1. The third kappa shape index (κ3) is 3.33. The van der Waals surface area contributed by atoms with Gasteiger partial charge in [-0.2, -0.15) is 0 Å². The smallest absolute Gasteiger partial charge is 0.325 e. The highest BCUT2D eigenvalue weighted by molar-refractivity contribution is 5.75. The number of morpholine rings is 1. The van der Waals surface area contributed by atoms with Crippen LogP contribution >= 0.6 is 0 Å². The van der Waals surface area contributed by atoms with Crippen LogP contribution in [0.4, 0.5) is 0 Å². The molecule has 0 saturated carbocycles. The van der Waals surface area contributed by atoms with E-state index in [-0.39, 0.29) is 12.2 Å². The largest absolute Gasteiger partial charge is 0.480 e. The number of ether oxygens (including phenoxy) is 1.